The molecule has 0 aromatic heterocycles. The zero-order chi connectivity index (χ0) is 11.9. The molecule has 0 aromatic rings. The molecule has 0 bridgehead atoms. The van der Waals surface area contributed by atoms with Crippen molar-refractivity contribution >= 4 is 0 Å². The topological polar surface area (TPSA) is 26.3 Å². The molecular weight excluding hydrogens is 198 g/mol. The molecule has 2 nitrogen and oxygen atoms in total. The van der Waals surface area contributed by atoms with Crippen molar-refractivity contribution in [2.75, 3.05) is 7.05 Å². The van der Waals surface area contributed by atoms with Gasteiger partial charge in [-0.3, -0.25) is 0 Å². The summed E-state index contributed by atoms with van der Waals surface area (Å²) in [7, 11) is 1.73. The first-order valence-electron chi connectivity index (χ1n) is 7.12. The summed E-state index contributed by atoms with van der Waals surface area (Å²) >= 11 is 0. The third kappa shape index (κ3) is 4.06. The highest BCUT2D eigenvalue weighted by Crippen LogP contribution is 2.36. The van der Waals surface area contributed by atoms with Crippen LogP contribution in [0.3, 0.4) is 0 Å². The van der Waals surface area contributed by atoms with Crippen molar-refractivity contribution < 1.29 is 0 Å². The van der Waals surface area contributed by atoms with Crippen LogP contribution in [-0.2, 0) is 0 Å². The average molecular weight is 226 g/mol. The van der Waals surface area contributed by atoms with E-state index in [1.54, 1.807) is 7.05 Å². The minimum Gasteiger partial charge on any atom is -0.785 e. The van der Waals surface area contributed by atoms with Gasteiger partial charge in [-0.05, 0) is 26.3 Å². The van der Waals surface area contributed by atoms with Gasteiger partial charge >= 0.3 is 0 Å². The van der Waals surface area contributed by atoms with Crippen LogP contribution < -0.4 is 0 Å². The molecule has 2 heteroatoms. The quantitative estimate of drug-likeness (QED) is 0.472. The molecule has 1 saturated carbocycles. The molecule has 1 aliphatic carbocycles. The maximum absolute atomic E-state index is 11.8. The highest BCUT2D eigenvalue weighted by atomic mass is 16.5. The molecule has 0 aliphatic heterocycles. The number of rotatable bonds is 7. The van der Waals surface area contributed by atoms with Gasteiger partial charge in [-0.15, -0.1) is 0 Å². The average Bonchev–Trinajstić information content (AvgIpc) is 2.30. The number of nitrogens with zero attached hydrogens (tertiary/aromatic N) is 1. The molecule has 0 radical (unpaired) electrons. The Balaban J connectivity index is 2.27. The van der Waals surface area contributed by atoms with Crippen LogP contribution in [0, 0.1) is 5.21 Å². The van der Waals surface area contributed by atoms with Crippen LogP contribution in [0.15, 0.2) is 0 Å². The Hall–Kier alpha value is -0.0800. The summed E-state index contributed by atoms with van der Waals surface area (Å²) in [5, 5.41) is 13.0. The molecule has 0 N–H and O–H groups in total. The summed E-state index contributed by atoms with van der Waals surface area (Å²) < 4.78 is 0. The van der Waals surface area contributed by atoms with E-state index in [9.17, 15) is 5.21 Å². The zero-order valence-electron chi connectivity index (χ0n) is 11.1. The molecule has 0 unspecified atom stereocenters. The Morgan fingerprint density at radius 3 is 2.19 bits per heavy atom. The van der Waals surface area contributed by atoms with Crippen LogP contribution >= 0.6 is 0 Å². The lowest BCUT2D eigenvalue weighted by Crippen LogP contribution is -2.44. The molecule has 1 rings (SSSR count). The van der Waals surface area contributed by atoms with Crippen LogP contribution in [0.2, 0.25) is 0 Å². The first-order valence-corrected chi connectivity index (χ1v) is 7.12. The maximum atomic E-state index is 11.8. The van der Waals surface area contributed by atoms with E-state index in [1.165, 1.54) is 56.4 Å². The Morgan fingerprint density at radius 2 is 1.62 bits per heavy atom. The summed E-state index contributed by atoms with van der Waals surface area (Å²) in [5.74, 6) is 0. The lowest BCUT2D eigenvalue weighted by atomic mass is 9.78. The zero-order valence-corrected chi connectivity index (χ0v) is 11.1. The fraction of sp³-hybridized carbons (Fsp3) is 1.00. The summed E-state index contributed by atoms with van der Waals surface area (Å²) in [6, 6.07) is 0. The SMILES string of the molecule is CCCCCCCC1(N(C)[O-])CCCCC1. The van der Waals surface area contributed by atoms with Crippen LogP contribution in [0.5, 0.6) is 0 Å². The van der Waals surface area contributed by atoms with Gasteiger partial charge in [0, 0.05) is 5.54 Å². The minimum absolute atomic E-state index is 0.00443. The summed E-state index contributed by atoms with van der Waals surface area (Å²) in [5.41, 5.74) is 0.00443. The monoisotopic (exact) mass is 226 g/mol. The fourth-order valence-corrected chi connectivity index (χ4v) is 2.99. The Bertz CT molecular complexity index is 174. The summed E-state index contributed by atoms with van der Waals surface area (Å²) in [6.07, 6.45) is 13.7. The molecule has 0 amide bonds. The van der Waals surface area contributed by atoms with Crippen molar-refractivity contribution in [1.29, 1.82) is 0 Å². The second-order valence-corrected chi connectivity index (χ2v) is 5.45. The smallest absolute Gasteiger partial charge is 0.00884 e. The number of unbranched alkanes of at least 4 members (excludes halogenated alkanes) is 4. The van der Waals surface area contributed by atoms with Gasteiger partial charge in [0.15, 0.2) is 0 Å². The van der Waals surface area contributed by atoms with Gasteiger partial charge < -0.3 is 10.3 Å². The molecule has 0 heterocycles. The van der Waals surface area contributed by atoms with Gasteiger partial charge in [-0.2, -0.15) is 0 Å². The molecule has 0 saturated heterocycles. The van der Waals surface area contributed by atoms with Crippen molar-refractivity contribution in [3.05, 3.63) is 5.21 Å². The van der Waals surface area contributed by atoms with Gasteiger partial charge in [-0.25, -0.2) is 0 Å². The number of hydrogen-bond acceptors (Lipinski definition) is 2. The molecule has 1 aliphatic rings. The predicted octanol–water partition coefficient (Wildman–Crippen LogP) is 4.48. The largest absolute Gasteiger partial charge is 0.785 e. The van der Waals surface area contributed by atoms with Crippen molar-refractivity contribution in [2.45, 2.75) is 83.1 Å². The van der Waals surface area contributed by atoms with Gasteiger partial charge in [0.2, 0.25) is 0 Å². The fourth-order valence-electron chi connectivity index (χ4n) is 2.99. The van der Waals surface area contributed by atoms with Crippen molar-refractivity contribution in [3.63, 3.8) is 0 Å². The normalized spacial score (nSPS) is 20.2. The van der Waals surface area contributed by atoms with E-state index >= 15 is 0 Å². The van der Waals surface area contributed by atoms with Crippen molar-refractivity contribution in [2.24, 2.45) is 0 Å². The van der Waals surface area contributed by atoms with Crippen LogP contribution in [0.4, 0.5) is 0 Å². The lowest BCUT2D eigenvalue weighted by molar-refractivity contribution is 0.106. The lowest BCUT2D eigenvalue weighted by Gasteiger charge is -2.49. The highest BCUT2D eigenvalue weighted by molar-refractivity contribution is 4.91. The second-order valence-electron chi connectivity index (χ2n) is 5.45. The molecule has 1 fully saturated rings. The van der Waals surface area contributed by atoms with Gasteiger partial charge in [-0.1, -0.05) is 58.3 Å². The van der Waals surface area contributed by atoms with E-state index < -0.39 is 0 Å². The van der Waals surface area contributed by atoms with E-state index in [4.69, 9.17) is 0 Å². The molecule has 0 atom stereocenters. The first-order chi connectivity index (χ1) is 7.71. The predicted molar refractivity (Wildman–Crippen MR) is 70.3 cm³/mol. The molecule has 0 spiro atoms. The van der Waals surface area contributed by atoms with Crippen molar-refractivity contribution in [3.8, 4) is 0 Å². The van der Waals surface area contributed by atoms with Gasteiger partial charge in [0.1, 0.15) is 0 Å². The Labute approximate surface area is 101 Å². The first kappa shape index (κ1) is 14.0. The molecule has 0 aromatic carbocycles. The van der Waals surface area contributed by atoms with Crippen LogP contribution in [0.1, 0.15) is 77.6 Å². The number of hydrogen-bond donors (Lipinski definition) is 0. The van der Waals surface area contributed by atoms with Crippen LogP contribution in [-0.4, -0.2) is 17.6 Å². The van der Waals surface area contributed by atoms with Crippen LogP contribution in [0.25, 0.3) is 0 Å². The molecular formula is C14H28NO-. The van der Waals surface area contributed by atoms with E-state index in [-0.39, 0.29) is 5.54 Å². The maximum Gasteiger partial charge on any atom is 0.00884 e. The third-order valence-electron chi connectivity index (χ3n) is 4.20. The summed E-state index contributed by atoms with van der Waals surface area (Å²) in [4.78, 5) is 0. The summed E-state index contributed by atoms with van der Waals surface area (Å²) in [6.45, 7) is 2.24. The minimum atomic E-state index is 0.00443. The second kappa shape index (κ2) is 7.29. The van der Waals surface area contributed by atoms with E-state index in [0.717, 1.165) is 19.3 Å². The number of hydroxylamine groups is 2. The van der Waals surface area contributed by atoms with E-state index in [0.29, 0.717) is 0 Å². The van der Waals surface area contributed by atoms with E-state index in [1.807, 2.05) is 0 Å². The highest BCUT2D eigenvalue weighted by Gasteiger charge is 2.30. The van der Waals surface area contributed by atoms with Gasteiger partial charge in [0.25, 0.3) is 0 Å². The molecule has 96 valence electrons. The van der Waals surface area contributed by atoms with Gasteiger partial charge in [0.05, 0.1) is 0 Å². The Kier molecular flexibility index (Phi) is 6.37. The van der Waals surface area contributed by atoms with E-state index in [2.05, 4.69) is 6.92 Å². The third-order valence-corrected chi connectivity index (χ3v) is 4.20. The standard InChI is InChI=1S/C14H28NO/c1-3-4-5-6-8-11-14(15(2)16)12-9-7-10-13-14/h3-13H2,1-2H3/q-1. The van der Waals surface area contributed by atoms with Crippen molar-refractivity contribution in [1.82, 2.24) is 5.06 Å². The molecule has 16 heavy (non-hydrogen) atoms. The Morgan fingerprint density at radius 1 is 1.00 bits per heavy atom.